The molecule has 52 heavy (non-hydrogen) atoms. The SMILES string of the molecule is CC(=O)/C(C)=N\O.CCOC(C)=O.Cc1oc(-c2ccc(Cl)cc2)[n+](O)c1C.Cc1oc(-c2ccc(Cl)cc2)nc1CCl.O=Cc1ccc(Cl)cc1. The molecular formula is C37H40Cl4N3O8+. The van der Waals surface area contributed by atoms with Gasteiger partial charge in [0.2, 0.25) is 5.89 Å². The molecule has 3 aromatic carbocycles. The first kappa shape index (κ1) is 45.3. The van der Waals surface area contributed by atoms with E-state index in [1.165, 1.54) is 20.8 Å². The zero-order valence-electron chi connectivity index (χ0n) is 29.6. The summed E-state index contributed by atoms with van der Waals surface area (Å²) in [6.45, 7) is 11.9. The van der Waals surface area contributed by atoms with Gasteiger partial charge in [0.05, 0.1) is 28.5 Å². The molecule has 278 valence electrons. The number of aryl methyl sites for hydroxylation is 2. The summed E-state index contributed by atoms with van der Waals surface area (Å²) in [6, 6.07) is 21.2. The number of rotatable bonds is 6. The number of carbonyl (C=O) groups excluding carboxylic acids is 3. The van der Waals surface area contributed by atoms with Crippen molar-refractivity contribution in [3.8, 4) is 22.9 Å². The highest BCUT2D eigenvalue weighted by molar-refractivity contribution is 6.37. The van der Waals surface area contributed by atoms with Crippen LogP contribution in [0.3, 0.4) is 0 Å². The summed E-state index contributed by atoms with van der Waals surface area (Å²) >= 11 is 22.8. The van der Waals surface area contributed by atoms with Crippen LogP contribution in [0.1, 0.15) is 61.0 Å². The van der Waals surface area contributed by atoms with Gasteiger partial charge in [0.1, 0.15) is 17.8 Å². The van der Waals surface area contributed by atoms with Gasteiger partial charge < -0.3 is 18.8 Å². The third kappa shape index (κ3) is 16.1. The highest BCUT2D eigenvalue weighted by Crippen LogP contribution is 2.24. The molecule has 0 radical (unpaired) electrons. The number of esters is 1. The van der Waals surface area contributed by atoms with Crippen molar-refractivity contribution in [2.45, 2.75) is 54.3 Å². The Balaban J connectivity index is 0.000000342. The summed E-state index contributed by atoms with van der Waals surface area (Å²) in [4.78, 5) is 34.3. The summed E-state index contributed by atoms with van der Waals surface area (Å²) < 4.78 is 16.4. The monoisotopic (exact) mass is 794 g/mol. The lowest BCUT2D eigenvalue weighted by molar-refractivity contribution is -0.901. The molecule has 2 N–H and O–H groups in total. The lowest BCUT2D eigenvalue weighted by Crippen LogP contribution is -2.33. The Morgan fingerprint density at radius 1 is 0.827 bits per heavy atom. The number of nitrogens with zero attached hydrogens (tertiary/aromatic N) is 3. The maximum absolute atomic E-state index is 10.1. The number of oxazole rings is 2. The number of halogens is 4. The first-order chi connectivity index (χ1) is 24.6. The van der Waals surface area contributed by atoms with E-state index in [-0.39, 0.29) is 17.5 Å². The van der Waals surface area contributed by atoms with Gasteiger partial charge in [-0.25, -0.2) is 4.98 Å². The van der Waals surface area contributed by atoms with Gasteiger partial charge in [-0.3, -0.25) is 19.6 Å². The zero-order valence-corrected chi connectivity index (χ0v) is 32.6. The van der Waals surface area contributed by atoms with E-state index in [4.69, 9.17) is 60.4 Å². The molecule has 15 heteroatoms. The molecule has 0 bridgehead atoms. The number of benzene rings is 3. The fourth-order valence-corrected chi connectivity index (χ4v) is 4.05. The van der Waals surface area contributed by atoms with Crippen molar-refractivity contribution in [2.75, 3.05) is 6.61 Å². The second kappa shape index (κ2) is 23.7. The molecule has 0 unspecified atom stereocenters. The Morgan fingerprint density at radius 3 is 1.62 bits per heavy atom. The quantitative estimate of drug-likeness (QED) is 0.0250. The Bertz CT molecular complexity index is 1890. The number of hydrogen-bond donors (Lipinski definition) is 2. The predicted octanol–water partition coefficient (Wildman–Crippen LogP) is 9.93. The van der Waals surface area contributed by atoms with Crippen molar-refractivity contribution in [3.05, 3.63) is 116 Å². The van der Waals surface area contributed by atoms with Crippen molar-refractivity contribution in [1.82, 2.24) is 4.98 Å². The summed E-state index contributed by atoms with van der Waals surface area (Å²) in [5.74, 6) is 2.40. The minimum absolute atomic E-state index is 0.139. The Kier molecular flexibility index (Phi) is 20.7. The van der Waals surface area contributed by atoms with Crippen LogP contribution in [0.4, 0.5) is 0 Å². The average molecular weight is 797 g/mol. The van der Waals surface area contributed by atoms with E-state index in [1.807, 2.05) is 26.0 Å². The zero-order chi connectivity index (χ0) is 39.4. The van der Waals surface area contributed by atoms with Crippen LogP contribution in [-0.2, 0) is 20.2 Å². The number of oxime groups is 1. The molecule has 0 spiro atoms. The molecule has 0 atom stereocenters. The summed E-state index contributed by atoms with van der Waals surface area (Å²) in [5, 5.41) is 22.3. The molecule has 2 heterocycles. The van der Waals surface area contributed by atoms with Gasteiger partial charge in [0.25, 0.3) is 5.69 Å². The van der Waals surface area contributed by atoms with Crippen LogP contribution in [0.15, 0.2) is 86.8 Å². The minimum Gasteiger partial charge on any atom is -0.466 e. The number of ketones is 1. The van der Waals surface area contributed by atoms with E-state index >= 15 is 0 Å². The van der Waals surface area contributed by atoms with Crippen LogP contribution >= 0.6 is 46.4 Å². The van der Waals surface area contributed by atoms with Gasteiger partial charge in [-0.2, -0.15) is 0 Å². The molecule has 0 aliphatic carbocycles. The molecule has 0 aliphatic rings. The lowest BCUT2D eigenvalue weighted by atomic mass is 10.2. The molecule has 5 rings (SSSR count). The maximum Gasteiger partial charge on any atom is 0.429 e. The first-order valence-electron chi connectivity index (χ1n) is 15.4. The van der Waals surface area contributed by atoms with Crippen molar-refractivity contribution < 1.29 is 43.1 Å². The van der Waals surface area contributed by atoms with E-state index in [0.717, 1.165) is 33.6 Å². The predicted molar refractivity (Wildman–Crippen MR) is 202 cm³/mol. The fraction of sp³-hybridized carbons (Fsp3) is 0.243. The second-order valence-electron chi connectivity index (χ2n) is 10.4. The van der Waals surface area contributed by atoms with E-state index < -0.39 is 0 Å². The molecular weight excluding hydrogens is 756 g/mol. The summed E-state index contributed by atoms with van der Waals surface area (Å²) in [6.07, 6.45) is 0.788. The van der Waals surface area contributed by atoms with Gasteiger partial charge in [-0.15, -0.1) is 11.6 Å². The van der Waals surface area contributed by atoms with Crippen LogP contribution in [-0.4, -0.2) is 45.8 Å². The van der Waals surface area contributed by atoms with Crippen molar-refractivity contribution in [2.24, 2.45) is 5.16 Å². The Morgan fingerprint density at radius 2 is 1.31 bits per heavy atom. The maximum atomic E-state index is 10.1. The van der Waals surface area contributed by atoms with Crippen LogP contribution in [0, 0.1) is 20.8 Å². The molecule has 11 nitrogen and oxygen atoms in total. The van der Waals surface area contributed by atoms with Crippen LogP contribution < -0.4 is 4.73 Å². The fourth-order valence-electron chi connectivity index (χ4n) is 3.42. The van der Waals surface area contributed by atoms with E-state index in [9.17, 15) is 19.6 Å². The van der Waals surface area contributed by atoms with E-state index in [0.29, 0.717) is 56.4 Å². The molecule has 0 aliphatic heterocycles. The molecule has 0 saturated heterocycles. The van der Waals surface area contributed by atoms with Crippen LogP contribution in [0.2, 0.25) is 15.1 Å². The third-order valence-electron chi connectivity index (χ3n) is 6.48. The van der Waals surface area contributed by atoms with Gasteiger partial charge in [0, 0.05) is 53.9 Å². The number of alkyl halides is 1. The Labute approximate surface area is 322 Å². The van der Waals surface area contributed by atoms with E-state index in [2.05, 4.69) is 14.9 Å². The molecule has 2 aromatic heterocycles. The normalized spacial score (nSPS) is 10.1. The largest absolute Gasteiger partial charge is 0.466 e. The topological polar surface area (TPSA) is 156 Å². The highest BCUT2D eigenvalue weighted by atomic mass is 35.5. The van der Waals surface area contributed by atoms with Gasteiger partial charge in [0.15, 0.2) is 11.5 Å². The minimum atomic E-state index is -0.211. The molecule has 0 saturated carbocycles. The number of Topliss-reactive ketones (excluding diaryl/α,β-unsaturated/α-hetero) is 1. The second-order valence-corrected chi connectivity index (χ2v) is 11.9. The Hall–Kier alpha value is -4.68. The number of carbonyl (C=O) groups is 3. The number of aromatic nitrogens is 2. The highest BCUT2D eigenvalue weighted by Gasteiger charge is 2.24. The van der Waals surface area contributed by atoms with Crippen molar-refractivity contribution >= 4 is 70.2 Å². The van der Waals surface area contributed by atoms with Gasteiger partial charge in [-0.05, 0) is 81.4 Å². The smallest absolute Gasteiger partial charge is 0.429 e. The average Bonchev–Trinajstić information content (AvgIpc) is 3.63. The standard InChI is InChI=1S/C11H9Cl2NO.C11H11ClNO2.C7H5ClO.C4H7NO2.C4H8O2/c1-7-10(6-12)14-11(15-7)8-2-4-9(13)5-3-8;1-7-8(2)15-11(13(7)14)9-3-5-10(12)6-4-9;8-7-3-1-6(5-9)2-4-7;1-3(5-7)4(2)6;1-3-6-4(2)5/h2-5H,6H2,1H3;3-6,14H,1-2H3;1-5H;7H,1-2H3;3H2,1-2H3/q;+1;;;/b;;;5-3-;. The number of aldehydes is 1. The van der Waals surface area contributed by atoms with Crippen molar-refractivity contribution in [1.29, 1.82) is 0 Å². The van der Waals surface area contributed by atoms with Crippen LogP contribution in [0.25, 0.3) is 22.9 Å². The number of hydrogen-bond acceptors (Lipinski definition) is 10. The molecule has 0 amide bonds. The van der Waals surface area contributed by atoms with Crippen LogP contribution in [0.5, 0.6) is 0 Å². The summed E-state index contributed by atoms with van der Waals surface area (Å²) in [7, 11) is 0. The lowest BCUT2D eigenvalue weighted by Gasteiger charge is -1.94. The molecule has 0 fully saturated rings. The first-order valence-corrected chi connectivity index (χ1v) is 17.0. The van der Waals surface area contributed by atoms with Crippen molar-refractivity contribution in [3.63, 3.8) is 0 Å². The van der Waals surface area contributed by atoms with Gasteiger partial charge in [-0.1, -0.05) is 52.1 Å². The molecule has 5 aromatic rings. The summed E-state index contributed by atoms with van der Waals surface area (Å²) in [5.41, 5.74) is 3.96. The third-order valence-corrected chi connectivity index (χ3v) is 7.49. The van der Waals surface area contributed by atoms with E-state index in [1.54, 1.807) is 74.5 Å². The number of ether oxygens (including phenoxy) is 1. The van der Waals surface area contributed by atoms with Gasteiger partial charge >= 0.3 is 11.9 Å².